The Morgan fingerprint density at radius 2 is 1.51 bits per heavy atom. The lowest BCUT2D eigenvalue weighted by Crippen LogP contribution is -2.08. The molecule has 5 aromatic rings. The number of aliphatic hydroxyl groups is 1. The monoisotopic (exact) mass is 484 g/mol. The molecule has 8 nitrogen and oxygen atoms in total. The minimum absolute atomic E-state index is 0.00739. The molecule has 0 aliphatic rings. The maximum atomic E-state index is 9.69. The quantitative estimate of drug-likeness (QED) is 0.260. The molecule has 0 aliphatic heterocycles. The van der Waals surface area contributed by atoms with E-state index in [0.717, 1.165) is 31.8 Å². The minimum atomic E-state index is 0.00739. The Morgan fingerprint density at radius 3 is 2.29 bits per heavy atom. The molecule has 9 heteroatoms. The van der Waals surface area contributed by atoms with Gasteiger partial charge in [0.15, 0.2) is 0 Å². The standard InChI is InChI=1S/C26H24N6O2S/c1-17-31-32-24(34-17)15-27-25-20-10-4-5-11-21(20)29-26(30-25)28-14-18-8-2-6-12-22(18)35-23-13-7-3-9-19(23)16-33/h2-13,33H,14-16H2,1H3,(H2,27,28,29,30). The summed E-state index contributed by atoms with van der Waals surface area (Å²) in [6.45, 7) is 2.68. The van der Waals surface area contributed by atoms with Crippen molar-refractivity contribution in [2.45, 2.75) is 36.4 Å². The molecule has 5 rings (SSSR count). The number of hydrogen-bond donors (Lipinski definition) is 3. The molecular weight excluding hydrogens is 460 g/mol. The number of nitrogens with one attached hydrogen (secondary N) is 2. The zero-order valence-electron chi connectivity index (χ0n) is 19.1. The molecule has 0 amide bonds. The predicted molar refractivity (Wildman–Crippen MR) is 136 cm³/mol. The molecule has 2 heterocycles. The third kappa shape index (κ3) is 5.42. The van der Waals surface area contributed by atoms with Crippen molar-refractivity contribution < 1.29 is 9.52 Å². The van der Waals surface area contributed by atoms with E-state index in [9.17, 15) is 5.11 Å². The lowest BCUT2D eigenvalue weighted by molar-refractivity contribution is 0.279. The molecule has 0 saturated carbocycles. The van der Waals surface area contributed by atoms with Gasteiger partial charge in [-0.1, -0.05) is 60.3 Å². The Labute approximate surface area is 206 Å². The molecule has 176 valence electrons. The van der Waals surface area contributed by atoms with Gasteiger partial charge in [0.05, 0.1) is 18.7 Å². The molecule has 0 atom stereocenters. The van der Waals surface area contributed by atoms with Crippen LogP contribution in [0.3, 0.4) is 0 Å². The van der Waals surface area contributed by atoms with E-state index >= 15 is 0 Å². The topological polar surface area (TPSA) is 109 Å². The summed E-state index contributed by atoms with van der Waals surface area (Å²) in [6, 6.07) is 23.9. The van der Waals surface area contributed by atoms with Gasteiger partial charge in [-0.05, 0) is 35.4 Å². The van der Waals surface area contributed by atoms with Crippen LogP contribution in [0.5, 0.6) is 0 Å². The van der Waals surface area contributed by atoms with Gasteiger partial charge in [0.2, 0.25) is 17.7 Å². The summed E-state index contributed by atoms with van der Waals surface area (Å²) in [6.07, 6.45) is 0. The highest BCUT2D eigenvalue weighted by atomic mass is 32.2. The summed E-state index contributed by atoms with van der Waals surface area (Å²) < 4.78 is 5.47. The highest BCUT2D eigenvalue weighted by Crippen LogP contribution is 2.33. The van der Waals surface area contributed by atoms with Gasteiger partial charge in [0.1, 0.15) is 5.82 Å². The predicted octanol–water partition coefficient (Wildman–Crippen LogP) is 5.19. The normalized spacial score (nSPS) is 11.0. The van der Waals surface area contributed by atoms with Crippen LogP contribution < -0.4 is 10.6 Å². The van der Waals surface area contributed by atoms with Gasteiger partial charge in [0.25, 0.3) is 0 Å². The van der Waals surface area contributed by atoms with Gasteiger partial charge in [-0.15, -0.1) is 10.2 Å². The largest absolute Gasteiger partial charge is 0.424 e. The maximum absolute atomic E-state index is 9.69. The number of para-hydroxylation sites is 1. The van der Waals surface area contributed by atoms with Gasteiger partial charge in [0, 0.05) is 28.6 Å². The van der Waals surface area contributed by atoms with Crippen molar-refractivity contribution in [3.8, 4) is 0 Å². The highest BCUT2D eigenvalue weighted by Gasteiger charge is 2.11. The summed E-state index contributed by atoms with van der Waals surface area (Å²) in [7, 11) is 0. The van der Waals surface area contributed by atoms with Gasteiger partial charge in [-0.25, -0.2) is 4.98 Å². The van der Waals surface area contributed by atoms with Crippen molar-refractivity contribution in [1.82, 2.24) is 20.2 Å². The van der Waals surface area contributed by atoms with Gasteiger partial charge in [-0.3, -0.25) is 0 Å². The molecule has 0 bridgehead atoms. The second kappa shape index (κ2) is 10.5. The number of benzene rings is 3. The Kier molecular flexibility index (Phi) is 6.87. The molecule has 2 aromatic heterocycles. The van der Waals surface area contributed by atoms with Crippen molar-refractivity contribution in [3.05, 3.63) is 95.7 Å². The minimum Gasteiger partial charge on any atom is -0.424 e. The van der Waals surface area contributed by atoms with E-state index < -0.39 is 0 Å². The van der Waals surface area contributed by atoms with E-state index in [1.165, 1.54) is 0 Å². The Bertz CT molecular complexity index is 1460. The molecule has 3 N–H and O–H groups in total. The number of fused-ring (bicyclic) bond motifs is 1. The van der Waals surface area contributed by atoms with E-state index in [1.807, 2.05) is 60.7 Å². The summed E-state index contributed by atoms with van der Waals surface area (Å²) in [5, 5.41) is 25.2. The Morgan fingerprint density at radius 1 is 0.800 bits per heavy atom. The average molecular weight is 485 g/mol. The molecular formula is C26H24N6O2S. The Hall–Kier alpha value is -3.95. The van der Waals surface area contributed by atoms with E-state index in [-0.39, 0.29) is 6.61 Å². The second-order valence-electron chi connectivity index (χ2n) is 7.81. The summed E-state index contributed by atoms with van der Waals surface area (Å²) in [5.41, 5.74) is 2.84. The molecule has 0 aliphatic carbocycles. The van der Waals surface area contributed by atoms with Crippen LogP contribution in [-0.2, 0) is 19.7 Å². The van der Waals surface area contributed by atoms with Crippen LogP contribution in [0, 0.1) is 6.92 Å². The molecule has 0 saturated heterocycles. The highest BCUT2D eigenvalue weighted by molar-refractivity contribution is 7.99. The van der Waals surface area contributed by atoms with Crippen LogP contribution >= 0.6 is 11.8 Å². The maximum Gasteiger partial charge on any atom is 0.235 e. The fourth-order valence-corrected chi connectivity index (χ4v) is 4.70. The first-order valence-corrected chi connectivity index (χ1v) is 12.0. The third-order valence-electron chi connectivity index (χ3n) is 5.35. The van der Waals surface area contributed by atoms with Crippen molar-refractivity contribution in [2.24, 2.45) is 0 Å². The summed E-state index contributed by atoms with van der Waals surface area (Å²) in [5.74, 6) is 2.22. The van der Waals surface area contributed by atoms with E-state index in [1.54, 1.807) is 18.7 Å². The van der Waals surface area contributed by atoms with Gasteiger partial charge < -0.3 is 20.2 Å². The van der Waals surface area contributed by atoms with Gasteiger partial charge >= 0.3 is 0 Å². The Balaban J connectivity index is 1.37. The number of hydrogen-bond acceptors (Lipinski definition) is 9. The van der Waals surface area contributed by atoms with Crippen molar-refractivity contribution >= 4 is 34.4 Å². The van der Waals surface area contributed by atoms with Crippen LogP contribution in [0.15, 0.2) is 87.0 Å². The van der Waals surface area contributed by atoms with Crippen LogP contribution in [-0.4, -0.2) is 25.3 Å². The van der Waals surface area contributed by atoms with Gasteiger partial charge in [-0.2, -0.15) is 4.98 Å². The van der Waals surface area contributed by atoms with Crippen LogP contribution in [0.1, 0.15) is 22.9 Å². The fraction of sp³-hybridized carbons (Fsp3) is 0.154. The smallest absolute Gasteiger partial charge is 0.235 e. The van der Waals surface area contributed by atoms with Crippen molar-refractivity contribution in [2.75, 3.05) is 10.6 Å². The first-order valence-electron chi connectivity index (χ1n) is 11.2. The SMILES string of the molecule is Cc1nnc(CNc2nc(NCc3ccccc3Sc3ccccc3CO)nc3ccccc23)o1. The molecule has 0 radical (unpaired) electrons. The third-order valence-corrected chi connectivity index (χ3v) is 6.59. The summed E-state index contributed by atoms with van der Waals surface area (Å²) >= 11 is 1.64. The van der Waals surface area contributed by atoms with E-state index in [4.69, 9.17) is 14.4 Å². The first-order chi connectivity index (χ1) is 17.2. The van der Waals surface area contributed by atoms with Crippen LogP contribution in [0.25, 0.3) is 10.9 Å². The summed E-state index contributed by atoms with van der Waals surface area (Å²) in [4.78, 5) is 11.6. The zero-order chi connectivity index (χ0) is 24.0. The number of nitrogens with zero attached hydrogens (tertiary/aromatic N) is 4. The number of rotatable bonds is 9. The number of aliphatic hydroxyl groups excluding tert-OH is 1. The molecule has 0 unspecified atom stereocenters. The van der Waals surface area contributed by atoms with Crippen LogP contribution in [0.4, 0.5) is 11.8 Å². The number of aryl methyl sites for hydroxylation is 1. The van der Waals surface area contributed by atoms with Crippen molar-refractivity contribution in [1.29, 1.82) is 0 Å². The van der Waals surface area contributed by atoms with Crippen LogP contribution in [0.2, 0.25) is 0 Å². The second-order valence-corrected chi connectivity index (χ2v) is 8.89. The molecule has 0 spiro atoms. The first kappa shape index (κ1) is 22.8. The number of anilines is 2. The zero-order valence-corrected chi connectivity index (χ0v) is 19.9. The lowest BCUT2D eigenvalue weighted by atomic mass is 10.2. The lowest BCUT2D eigenvalue weighted by Gasteiger charge is -2.14. The van der Waals surface area contributed by atoms with E-state index in [0.29, 0.717) is 36.6 Å². The number of aromatic nitrogens is 4. The molecule has 3 aromatic carbocycles. The molecule has 35 heavy (non-hydrogen) atoms. The van der Waals surface area contributed by atoms with Crippen molar-refractivity contribution in [3.63, 3.8) is 0 Å². The fourth-order valence-electron chi connectivity index (χ4n) is 3.63. The molecule has 0 fully saturated rings. The van der Waals surface area contributed by atoms with E-state index in [2.05, 4.69) is 33.0 Å². The average Bonchev–Trinajstić information content (AvgIpc) is 3.32.